The summed E-state index contributed by atoms with van der Waals surface area (Å²) in [6.07, 6.45) is 6.26. The minimum Gasteiger partial charge on any atom is -0.377 e. The third kappa shape index (κ3) is 4.27. The van der Waals surface area contributed by atoms with Crippen LogP contribution >= 0.6 is 0 Å². The highest BCUT2D eigenvalue weighted by Gasteiger charge is 2.25. The molecule has 0 amide bonds. The number of nitrogens with one attached hydrogen (secondary N) is 1. The Kier molecular flexibility index (Phi) is 5.81. The van der Waals surface area contributed by atoms with Gasteiger partial charge in [-0.1, -0.05) is 0 Å². The molecule has 1 saturated heterocycles. The van der Waals surface area contributed by atoms with E-state index < -0.39 is 4.92 Å². The van der Waals surface area contributed by atoms with Crippen LogP contribution in [0.25, 0.3) is 0 Å². The minimum atomic E-state index is -0.479. The summed E-state index contributed by atoms with van der Waals surface area (Å²) in [6.45, 7) is 1.47. The van der Waals surface area contributed by atoms with Crippen LogP contribution in [0, 0.1) is 21.4 Å². The molecule has 162 valence electrons. The first kappa shape index (κ1) is 21.0. The number of aryl methyl sites for hydroxylation is 1. The summed E-state index contributed by atoms with van der Waals surface area (Å²) < 4.78 is 1.58. The van der Waals surface area contributed by atoms with E-state index >= 15 is 0 Å². The first-order valence-corrected chi connectivity index (χ1v) is 10.1. The van der Waals surface area contributed by atoms with Gasteiger partial charge in [0.1, 0.15) is 17.6 Å². The van der Waals surface area contributed by atoms with Crippen molar-refractivity contribution in [3.8, 4) is 6.07 Å². The SMILES string of the molecule is Cn1ccnc1C(=O)c1ccc(NC2CCN(c3ccc(C#N)cn3)CC2)c([N+](=O)[O-])c1. The lowest BCUT2D eigenvalue weighted by Gasteiger charge is -2.33. The van der Waals surface area contributed by atoms with Crippen LogP contribution in [0.1, 0.15) is 34.6 Å². The number of piperidine rings is 1. The first-order chi connectivity index (χ1) is 15.5. The number of pyridine rings is 1. The van der Waals surface area contributed by atoms with Crippen molar-refractivity contribution in [3.63, 3.8) is 0 Å². The standard InChI is InChI=1S/C22H21N7O3/c1-27-11-8-24-22(27)21(30)16-3-4-18(19(12-16)29(31)32)26-17-6-9-28(10-7-17)20-5-2-15(13-23)14-25-20/h2-5,8,11-12,14,17,26H,6-7,9-10H2,1H3. The number of carbonyl (C=O) groups excluding carboxylic acids is 1. The molecule has 10 heteroatoms. The number of nitro benzene ring substituents is 1. The molecule has 1 N–H and O–H groups in total. The van der Waals surface area contributed by atoms with Gasteiger partial charge < -0.3 is 14.8 Å². The number of anilines is 2. The Morgan fingerprint density at radius 3 is 2.62 bits per heavy atom. The van der Waals surface area contributed by atoms with Crippen molar-refractivity contribution in [3.05, 3.63) is 76.0 Å². The molecule has 0 radical (unpaired) electrons. The molecule has 0 saturated carbocycles. The van der Waals surface area contributed by atoms with E-state index in [4.69, 9.17) is 5.26 Å². The van der Waals surface area contributed by atoms with E-state index in [-0.39, 0.29) is 28.9 Å². The molecule has 3 aromatic rings. The Balaban J connectivity index is 1.45. The van der Waals surface area contributed by atoms with Gasteiger partial charge in [0.2, 0.25) is 5.78 Å². The zero-order chi connectivity index (χ0) is 22.7. The average Bonchev–Trinajstić information content (AvgIpc) is 3.25. The highest BCUT2D eigenvalue weighted by molar-refractivity contribution is 6.07. The normalized spacial score (nSPS) is 14.1. The Bertz CT molecular complexity index is 1190. The van der Waals surface area contributed by atoms with Gasteiger partial charge in [0, 0.05) is 56.4 Å². The summed E-state index contributed by atoms with van der Waals surface area (Å²) >= 11 is 0. The topological polar surface area (TPSA) is 130 Å². The predicted molar refractivity (Wildman–Crippen MR) is 118 cm³/mol. The fourth-order valence-corrected chi connectivity index (χ4v) is 3.77. The maximum Gasteiger partial charge on any atom is 0.293 e. The highest BCUT2D eigenvalue weighted by Crippen LogP contribution is 2.29. The van der Waals surface area contributed by atoms with Gasteiger partial charge >= 0.3 is 0 Å². The van der Waals surface area contributed by atoms with Gasteiger partial charge in [-0.05, 0) is 37.1 Å². The number of ketones is 1. The van der Waals surface area contributed by atoms with E-state index in [1.54, 1.807) is 42.2 Å². The van der Waals surface area contributed by atoms with Crippen molar-refractivity contribution >= 4 is 23.0 Å². The van der Waals surface area contributed by atoms with Gasteiger partial charge in [-0.2, -0.15) is 5.26 Å². The zero-order valence-corrected chi connectivity index (χ0v) is 17.4. The van der Waals surface area contributed by atoms with E-state index in [9.17, 15) is 14.9 Å². The van der Waals surface area contributed by atoms with Crippen LogP contribution in [0.2, 0.25) is 0 Å². The summed E-state index contributed by atoms with van der Waals surface area (Å²) in [5.74, 6) is 0.671. The van der Waals surface area contributed by atoms with Crippen molar-refractivity contribution < 1.29 is 9.72 Å². The third-order valence-electron chi connectivity index (χ3n) is 5.54. The van der Waals surface area contributed by atoms with Gasteiger partial charge in [-0.25, -0.2) is 9.97 Å². The lowest BCUT2D eigenvalue weighted by Crippen LogP contribution is -2.39. The quantitative estimate of drug-likeness (QED) is 0.358. The maximum absolute atomic E-state index is 12.7. The van der Waals surface area contributed by atoms with Gasteiger partial charge in [0.25, 0.3) is 5.69 Å². The number of carbonyl (C=O) groups is 1. The van der Waals surface area contributed by atoms with Crippen LogP contribution in [-0.2, 0) is 7.05 Å². The maximum atomic E-state index is 12.7. The lowest BCUT2D eigenvalue weighted by atomic mass is 10.0. The van der Waals surface area contributed by atoms with E-state index in [1.165, 1.54) is 12.3 Å². The fraction of sp³-hybridized carbons (Fsp3) is 0.273. The number of rotatable bonds is 6. The second-order valence-corrected chi connectivity index (χ2v) is 7.60. The van der Waals surface area contributed by atoms with Gasteiger partial charge in [-0.15, -0.1) is 0 Å². The van der Waals surface area contributed by atoms with Gasteiger partial charge in [0.15, 0.2) is 5.82 Å². The number of nitriles is 1. The summed E-state index contributed by atoms with van der Waals surface area (Å²) in [4.78, 5) is 34.3. The summed E-state index contributed by atoms with van der Waals surface area (Å²) in [5.41, 5.74) is 0.989. The second-order valence-electron chi connectivity index (χ2n) is 7.60. The highest BCUT2D eigenvalue weighted by atomic mass is 16.6. The summed E-state index contributed by atoms with van der Waals surface area (Å²) in [7, 11) is 1.70. The molecule has 0 atom stereocenters. The molecule has 32 heavy (non-hydrogen) atoms. The van der Waals surface area contributed by atoms with E-state index in [2.05, 4.69) is 26.3 Å². The molecule has 3 heterocycles. The molecule has 1 aliphatic rings. The molecule has 4 rings (SSSR count). The predicted octanol–water partition coefficient (Wildman–Crippen LogP) is 2.91. The van der Waals surface area contributed by atoms with E-state index in [0.29, 0.717) is 11.3 Å². The number of aromatic nitrogens is 3. The lowest BCUT2D eigenvalue weighted by molar-refractivity contribution is -0.384. The van der Waals surface area contributed by atoms with E-state index in [1.807, 2.05) is 6.07 Å². The Morgan fingerprint density at radius 1 is 1.25 bits per heavy atom. The number of nitro groups is 1. The van der Waals surface area contributed by atoms with Gasteiger partial charge in [-0.3, -0.25) is 14.9 Å². The summed E-state index contributed by atoms with van der Waals surface area (Å²) in [5, 5.41) is 23.8. The van der Waals surface area contributed by atoms with Crippen molar-refractivity contribution in [1.82, 2.24) is 14.5 Å². The number of nitrogens with zero attached hydrogens (tertiary/aromatic N) is 6. The molecule has 0 spiro atoms. The molecule has 0 unspecified atom stereocenters. The van der Waals surface area contributed by atoms with Crippen LogP contribution in [0.15, 0.2) is 48.9 Å². The first-order valence-electron chi connectivity index (χ1n) is 10.1. The number of hydrogen-bond donors (Lipinski definition) is 1. The van der Waals surface area contributed by atoms with Crippen LogP contribution in [0.5, 0.6) is 0 Å². The van der Waals surface area contributed by atoms with Crippen molar-refractivity contribution in [2.45, 2.75) is 18.9 Å². The Morgan fingerprint density at radius 2 is 2.03 bits per heavy atom. The molecule has 1 fully saturated rings. The smallest absolute Gasteiger partial charge is 0.293 e. The monoisotopic (exact) mass is 431 g/mol. The molecule has 1 aromatic carbocycles. The molecule has 10 nitrogen and oxygen atoms in total. The Labute approximate surface area is 184 Å². The Hall–Kier alpha value is -4.26. The number of hydrogen-bond acceptors (Lipinski definition) is 8. The van der Waals surface area contributed by atoms with Crippen LogP contribution in [0.4, 0.5) is 17.2 Å². The minimum absolute atomic E-state index is 0.0550. The third-order valence-corrected chi connectivity index (χ3v) is 5.54. The molecule has 0 aliphatic carbocycles. The van der Waals surface area contributed by atoms with Crippen molar-refractivity contribution in [2.24, 2.45) is 7.05 Å². The van der Waals surface area contributed by atoms with Crippen molar-refractivity contribution in [2.75, 3.05) is 23.3 Å². The number of benzene rings is 1. The molecular formula is C22H21N7O3. The second kappa shape index (κ2) is 8.85. The molecule has 2 aromatic heterocycles. The molecule has 1 aliphatic heterocycles. The molecular weight excluding hydrogens is 410 g/mol. The average molecular weight is 431 g/mol. The van der Waals surface area contributed by atoms with Gasteiger partial charge in [0.05, 0.1) is 10.5 Å². The zero-order valence-electron chi connectivity index (χ0n) is 17.4. The van der Waals surface area contributed by atoms with Crippen LogP contribution in [-0.4, -0.2) is 44.4 Å². The number of imidazole rings is 1. The van der Waals surface area contributed by atoms with Crippen LogP contribution < -0.4 is 10.2 Å². The largest absolute Gasteiger partial charge is 0.377 e. The molecule has 0 bridgehead atoms. The van der Waals surface area contributed by atoms with Crippen LogP contribution in [0.3, 0.4) is 0 Å². The van der Waals surface area contributed by atoms with E-state index in [0.717, 1.165) is 31.7 Å². The van der Waals surface area contributed by atoms with Crippen molar-refractivity contribution in [1.29, 1.82) is 5.26 Å². The summed E-state index contributed by atoms with van der Waals surface area (Å²) in [6, 6.07) is 10.2. The fourth-order valence-electron chi connectivity index (χ4n) is 3.77.